The zero-order valence-corrected chi connectivity index (χ0v) is 22.5. The molecule has 0 aliphatic carbocycles. The molecule has 1 amide bonds. The molecule has 1 aliphatic rings. The first-order valence-electron chi connectivity index (χ1n) is 12.0. The molecule has 4 nitrogen and oxygen atoms in total. The van der Waals surface area contributed by atoms with Crippen molar-refractivity contribution in [3.8, 4) is 5.75 Å². The van der Waals surface area contributed by atoms with E-state index in [2.05, 4.69) is 15.9 Å². The number of nitrogens with zero attached hydrogens (tertiary/aromatic N) is 2. The highest BCUT2D eigenvalue weighted by atomic mass is 79.9. The predicted octanol–water partition coefficient (Wildman–Crippen LogP) is 7.70. The maximum absolute atomic E-state index is 13.6. The van der Waals surface area contributed by atoms with Gasteiger partial charge in [0.05, 0.1) is 18.0 Å². The van der Waals surface area contributed by atoms with Gasteiger partial charge in [0.1, 0.15) is 12.4 Å². The summed E-state index contributed by atoms with van der Waals surface area (Å²) in [6.07, 6.45) is 1.90. The zero-order valence-electron chi connectivity index (χ0n) is 20.1. The number of aliphatic imine (C=N–C) groups is 1. The van der Waals surface area contributed by atoms with Crippen LogP contribution in [0, 0.1) is 0 Å². The molecule has 0 aromatic heterocycles. The van der Waals surface area contributed by atoms with E-state index in [9.17, 15) is 4.79 Å². The maximum atomic E-state index is 13.6. The van der Waals surface area contributed by atoms with Gasteiger partial charge in [0.25, 0.3) is 5.91 Å². The van der Waals surface area contributed by atoms with Crippen molar-refractivity contribution in [2.24, 2.45) is 4.99 Å². The highest BCUT2D eigenvalue weighted by Gasteiger charge is 2.33. The SMILES string of the molecule is O=C1/C(=C\c2cc(Br)ccc2OCc2ccccc2)SC(=NCc2ccccc2)N1Cc1ccccc1. The van der Waals surface area contributed by atoms with Gasteiger partial charge in [-0.1, -0.05) is 107 Å². The molecule has 37 heavy (non-hydrogen) atoms. The van der Waals surface area contributed by atoms with Crippen LogP contribution in [0.2, 0.25) is 0 Å². The number of hydrogen-bond acceptors (Lipinski definition) is 4. The lowest BCUT2D eigenvalue weighted by Gasteiger charge is -2.15. The molecule has 0 atom stereocenters. The van der Waals surface area contributed by atoms with Crippen LogP contribution in [-0.2, 0) is 24.5 Å². The fourth-order valence-electron chi connectivity index (χ4n) is 3.91. The molecule has 1 saturated heterocycles. The Morgan fingerprint density at radius 2 is 1.43 bits per heavy atom. The number of hydrogen-bond donors (Lipinski definition) is 0. The number of amidine groups is 1. The summed E-state index contributed by atoms with van der Waals surface area (Å²) >= 11 is 4.97. The quantitative estimate of drug-likeness (QED) is 0.204. The Kier molecular flexibility index (Phi) is 8.18. The zero-order chi connectivity index (χ0) is 25.5. The van der Waals surface area contributed by atoms with Crippen molar-refractivity contribution in [2.45, 2.75) is 19.7 Å². The van der Waals surface area contributed by atoms with Gasteiger partial charge in [-0.2, -0.15) is 0 Å². The van der Waals surface area contributed by atoms with Crippen LogP contribution in [0.3, 0.4) is 0 Å². The molecular weight excluding hydrogens is 544 g/mol. The summed E-state index contributed by atoms with van der Waals surface area (Å²) < 4.78 is 7.07. The first-order chi connectivity index (χ1) is 18.2. The van der Waals surface area contributed by atoms with E-state index in [0.29, 0.717) is 29.8 Å². The Bertz CT molecular complexity index is 1420. The Hall–Kier alpha value is -3.61. The second-order valence-electron chi connectivity index (χ2n) is 8.53. The van der Waals surface area contributed by atoms with E-state index < -0.39 is 0 Å². The Morgan fingerprint density at radius 1 is 0.811 bits per heavy atom. The van der Waals surface area contributed by atoms with Crippen LogP contribution in [0.25, 0.3) is 6.08 Å². The summed E-state index contributed by atoms with van der Waals surface area (Å²) in [5, 5.41) is 0.700. The molecule has 1 heterocycles. The van der Waals surface area contributed by atoms with Crippen LogP contribution in [0.4, 0.5) is 0 Å². The van der Waals surface area contributed by atoms with Crippen molar-refractivity contribution in [1.29, 1.82) is 0 Å². The number of rotatable bonds is 8. The summed E-state index contributed by atoms with van der Waals surface area (Å²) in [6, 6.07) is 36.0. The predicted molar refractivity (Wildman–Crippen MR) is 155 cm³/mol. The van der Waals surface area contributed by atoms with E-state index in [1.54, 1.807) is 4.90 Å². The molecule has 0 unspecified atom stereocenters. The second kappa shape index (κ2) is 12.1. The molecule has 0 radical (unpaired) electrons. The summed E-state index contributed by atoms with van der Waals surface area (Å²) in [5.74, 6) is 0.659. The summed E-state index contributed by atoms with van der Waals surface area (Å²) in [6.45, 7) is 1.43. The van der Waals surface area contributed by atoms with E-state index in [1.807, 2.05) is 115 Å². The normalized spacial score (nSPS) is 15.5. The van der Waals surface area contributed by atoms with Crippen molar-refractivity contribution in [2.75, 3.05) is 0 Å². The molecule has 4 aromatic rings. The van der Waals surface area contributed by atoms with Crippen LogP contribution in [-0.4, -0.2) is 16.0 Å². The van der Waals surface area contributed by atoms with Gasteiger partial charge in [-0.3, -0.25) is 14.7 Å². The summed E-state index contributed by atoms with van der Waals surface area (Å²) in [7, 11) is 0. The minimum absolute atomic E-state index is 0.0605. The number of benzene rings is 4. The van der Waals surface area contributed by atoms with Crippen molar-refractivity contribution < 1.29 is 9.53 Å². The van der Waals surface area contributed by atoms with Gasteiger partial charge in [-0.15, -0.1) is 0 Å². The fraction of sp³-hybridized carbons (Fsp3) is 0.0968. The highest BCUT2D eigenvalue weighted by molar-refractivity contribution is 9.10. The van der Waals surface area contributed by atoms with Crippen LogP contribution in [0.15, 0.2) is 124 Å². The third kappa shape index (κ3) is 6.59. The van der Waals surface area contributed by atoms with Crippen molar-refractivity contribution >= 4 is 44.8 Å². The first kappa shape index (κ1) is 25.1. The molecule has 0 N–H and O–H groups in total. The topological polar surface area (TPSA) is 41.9 Å². The average Bonchev–Trinajstić information content (AvgIpc) is 3.22. The van der Waals surface area contributed by atoms with Gasteiger partial charge in [-0.05, 0) is 52.7 Å². The van der Waals surface area contributed by atoms with Gasteiger partial charge in [0, 0.05) is 10.0 Å². The molecule has 184 valence electrons. The van der Waals surface area contributed by atoms with E-state index in [-0.39, 0.29) is 5.91 Å². The van der Waals surface area contributed by atoms with E-state index in [1.165, 1.54) is 11.8 Å². The minimum atomic E-state index is -0.0605. The summed E-state index contributed by atoms with van der Waals surface area (Å²) in [5.41, 5.74) is 4.08. The summed E-state index contributed by atoms with van der Waals surface area (Å²) in [4.78, 5) is 20.8. The van der Waals surface area contributed by atoms with Crippen molar-refractivity contribution in [3.05, 3.63) is 141 Å². The van der Waals surface area contributed by atoms with Crippen molar-refractivity contribution in [3.63, 3.8) is 0 Å². The van der Waals surface area contributed by atoms with Gasteiger partial charge < -0.3 is 4.74 Å². The number of carbonyl (C=O) groups is 1. The lowest BCUT2D eigenvalue weighted by molar-refractivity contribution is -0.122. The molecule has 5 rings (SSSR count). The Balaban J connectivity index is 1.43. The number of thioether (sulfide) groups is 1. The molecule has 1 fully saturated rings. The van der Waals surface area contributed by atoms with Crippen LogP contribution >= 0.6 is 27.7 Å². The Labute approximate surface area is 229 Å². The number of halogens is 1. The lowest BCUT2D eigenvalue weighted by atomic mass is 10.1. The third-order valence-corrected chi connectivity index (χ3v) is 7.34. The molecule has 0 spiro atoms. The third-order valence-electron chi connectivity index (χ3n) is 5.81. The van der Waals surface area contributed by atoms with Crippen LogP contribution < -0.4 is 4.74 Å². The van der Waals surface area contributed by atoms with E-state index in [4.69, 9.17) is 9.73 Å². The van der Waals surface area contributed by atoms with E-state index in [0.717, 1.165) is 32.5 Å². The van der Waals surface area contributed by atoms with Gasteiger partial charge in [0.2, 0.25) is 0 Å². The maximum Gasteiger partial charge on any atom is 0.267 e. The van der Waals surface area contributed by atoms with Crippen LogP contribution in [0.1, 0.15) is 22.3 Å². The largest absolute Gasteiger partial charge is 0.488 e. The fourth-order valence-corrected chi connectivity index (χ4v) is 5.26. The monoisotopic (exact) mass is 568 g/mol. The smallest absolute Gasteiger partial charge is 0.267 e. The van der Waals surface area contributed by atoms with Gasteiger partial charge in [-0.25, -0.2) is 0 Å². The van der Waals surface area contributed by atoms with Crippen molar-refractivity contribution in [1.82, 2.24) is 4.90 Å². The number of carbonyl (C=O) groups excluding carboxylic acids is 1. The average molecular weight is 570 g/mol. The van der Waals surface area contributed by atoms with Crippen LogP contribution in [0.5, 0.6) is 5.75 Å². The molecule has 4 aromatic carbocycles. The standard InChI is InChI=1S/C31H25BrN2O2S/c32-27-16-17-28(36-22-25-14-8-3-9-15-25)26(18-27)19-29-30(35)34(21-24-12-6-2-7-13-24)31(37-29)33-20-23-10-4-1-5-11-23/h1-19H,20-22H2/b29-19+,33-31?. The molecule has 0 bridgehead atoms. The molecule has 6 heteroatoms. The first-order valence-corrected chi connectivity index (χ1v) is 13.6. The number of amides is 1. The lowest BCUT2D eigenvalue weighted by Crippen LogP contribution is -2.28. The second-order valence-corrected chi connectivity index (χ2v) is 10.5. The molecule has 1 aliphatic heterocycles. The van der Waals surface area contributed by atoms with Gasteiger partial charge in [0.15, 0.2) is 5.17 Å². The number of ether oxygens (including phenoxy) is 1. The molecule has 0 saturated carbocycles. The Morgan fingerprint density at radius 3 is 2.11 bits per heavy atom. The highest BCUT2D eigenvalue weighted by Crippen LogP contribution is 2.36. The van der Waals surface area contributed by atoms with Gasteiger partial charge >= 0.3 is 0 Å². The minimum Gasteiger partial charge on any atom is -0.488 e. The molecular formula is C31H25BrN2O2S. The van der Waals surface area contributed by atoms with E-state index >= 15 is 0 Å².